The lowest BCUT2D eigenvalue weighted by Crippen LogP contribution is -2.13. The van der Waals surface area contributed by atoms with Gasteiger partial charge in [0.2, 0.25) is 11.8 Å². The molecular formula is C19H22N2O4. The lowest BCUT2D eigenvalue weighted by Gasteiger charge is -2.10. The first-order chi connectivity index (χ1) is 12.1. The molecule has 0 aliphatic carbocycles. The Bertz CT molecular complexity index is 714. The van der Waals surface area contributed by atoms with Crippen LogP contribution in [0.1, 0.15) is 19.8 Å². The lowest BCUT2D eigenvalue weighted by atomic mass is 10.2. The molecule has 6 heteroatoms. The summed E-state index contributed by atoms with van der Waals surface area (Å²) in [6, 6.07) is 14.4. The predicted molar refractivity (Wildman–Crippen MR) is 97.1 cm³/mol. The maximum atomic E-state index is 11.9. The highest BCUT2D eigenvalue weighted by molar-refractivity contribution is 5.92. The second kappa shape index (κ2) is 9.32. The summed E-state index contributed by atoms with van der Waals surface area (Å²) in [4.78, 5) is 22.9. The molecule has 0 saturated carbocycles. The predicted octanol–water partition coefficient (Wildman–Crippen LogP) is 3.45. The number of amides is 2. The number of anilines is 2. The van der Waals surface area contributed by atoms with E-state index in [9.17, 15) is 9.59 Å². The van der Waals surface area contributed by atoms with Crippen molar-refractivity contribution in [3.63, 3.8) is 0 Å². The Morgan fingerprint density at radius 3 is 2.12 bits per heavy atom. The average Bonchev–Trinajstić information content (AvgIpc) is 2.60. The quantitative estimate of drug-likeness (QED) is 0.721. The maximum absolute atomic E-state index is 11.9. The monoisotopic (exact) mass is 342 g/mol. The zero-order valence-electron chi connectivity index (χ0n) is 14.4. The first-order valence-corrected chi connectivity index (χ1v) is 8.02. The van der Waals surface area contributed by atoms with E-state index in [1.807, 2.05) is 24.3 Å². The second-order valence-corrected chi connectivity index (χ2v) is 5.41. The van der Waals surface area contributed by atoms with Gasteiger partial charge in [-0.15, -0.1) is 0 Å². The van der Waals surface area contributed by atoms with E-state index in [2.05, 4.69) is 10.6 Å². The summed E-state index contributed by atoms with van der Waals surface area (Å²) in [5.74, 6) is 1.12. The molecule has 2 amide bonds. The fourth-order valence-electron chi connectivity index (χ4n) is 2.22. The van der Waals surface area contributed by atoms with Crippen molar-refractivity contribution < 1.29 is 19.1 Å². The second-order valence-electron chi connectivity index (χ2n) is 5.41. The Labute approximate surface area is 147 Å². The van der Waals surface area contributed by atoms with E-state index in [0.29, 0.717) is 42.3 Å². The minimum Gasteiger partial charge on any atom is -0.493 e. The van der Waals surface area contributed by atoms with Crippen LogP contribution in [0.15, 0.2) is 48.5 Å². The summed E-state index contributed by atoms with van der Waals surface area (Å²) in [5.41, 5.74) is 1.38. The molecule has 0 fully saturated rings. The average molecular weight is 342 g/mol. The van der Waals surface area contributed by atoms with Crippen LogP contribution in [0.25, 0.3) is 0 Å². The minimum absolute atomic E-state index is 0.0871. The molecule has 0 aromatic heterocycles. The third-order valence-corrected chi connectivity index (χ3v) is 3.36. The van der Waals surface area contributed by atoms with Gasteiger partial charge < -0.3 is 20.1 Å². The molecule has 132 valence electrons. The van der Waals surface area contributed by atoms with Gasteiger partial charge in [-0.25, -0.2) is 0 Å². The number of carbonyl (C=O) groups excluding carboxylic acids is 2. The molecule has 2 rings (SSSR count). The van der Waals surface area contributed by atoms with Gasteiger partial charge in [0.05, 0.1) is 13.7 Å². The van der Waals surface area contributed by atoms with Crippen LogP contribution in [0, 0.1) is 0 Å². The Balaban J connectivity index is 1.72. The third-order valence-electron chi connectivity index (χ3n) is 3.36. The number of benzene rings is 2. The lowest BCUT2D eigenvalue weighted by molar-refractivity contribution is -0.116. The zero-order valence-corrected chi connectivity index (χ0v) is 14.4. The van der Waals surface area contributed by atoms with Crippen molar-refractivity contribution in [2.45, 2.75) is 19.8 Å². The maximum Gasteiger partial charge on any atom is 0.224 e. The first-order valence-electron chi connectivity index (χ1n) is 8.02. The molecule has 25 heavy (non-hydrogen) atoms. The highest BCUT2D eigenvalue weighted by Gasteiger charge is 2.05. The number of rotatable bonds is 8. The van der Waals surface area contributed by atoms with E-state index in [1.165, 1.54) is 6.92 Å². The minimum atomic E-state index is -0.133. The number of methoxy groups -OCH3 is 1. The molecule has 2 aromatic rings. The summed E-state index contributed by atoms with van der Waals surface area (Å²) in [7, 11) is 1.59. The Hall–Kier alpha value is -3.02. The van der Waals surface area contributed by atoms with Gasteiger partial charge in [0.25, 0.3) is 0 Å². The smallest absolute Gasteiger partial charge is 0.224 e. The van der Waals surface area contributed by atoms with E-state index in [-0.39, 0.29) is 11.8 Å². The Morgan fingerprint density at radius 1 is 0.920 bits per heavy atom. The number of para-hydroxylation sites is 2. The molecule has 0 saturated heterocycles. The molecule has 2 aromatic carbocycles. The standard InChI is InChI=1S/C19H22N2O4/c1-14(22)20-15-9-11-16(12-10-15)21-19(23)8-5-13-25-18-7-4-3-6-17(18)24-2/h3-4,6-7,9-12H,5,8,13H2,1-2H3,(H,20,22)(H,21,23). The first kappa shape index (κ1) is 18.3. The van der Waals surface area contributed by atoms with E-state index >= 15 is 0 Å². The third kappa shape index (κ3) is 6.18. The molecule has 0 heterocycles. The molecule has 6 nitrogen and oxygen atoms in total. The molecule has 0 spiro atoms. The largest absolute Gasteiger partial charge is 0.493 e. The van der Waals surface area contributed by atoms with Gasteiger partial charge in [0.15, 0.2) is 11.5 Å². The topological polar surface area (TPSA) is 76.7 Å². The molecule has 0 aliphatic rings. The summed E-state index contributed by atoms with van der Waals surface area (Å²) in [5, 5.41) is 5.49. The summed E-state index contributed by atoms with van der Waals surface area (Å²) in [6.07, 6.45) is 0.941. The van der Waals surface area contributed by atoms with Crippen molar-refractivity contribution in [1.29, 1.82) is 0 Å². The Kier molecular flexibility index (Phi) is 6.83. The molecular weight excluding hydrogens is 320 g/mol. The highest BCUT2D eigenvalue weighted by Crippen LogP contribution is 2.25. The molecule has 0 aliphatic heterocycles. The zero-order chi connectivity index (χ0) is 18.1. The van der Waals surface area contributed by atoms with E-state index in [0.717, 1.165) is 0 Å². The molecule has 0 bridgehead atoms. The van der Waals surface area contributed by atoms with Crippen molar-refractivity contribution >= 4 is 23.2 Å². The van der Waals surface area contributed by atoms with Crippen LogP contribution in [0.3, 0.4) is 0 Å². The fourth-order valence-corrected chi connectivity index (χ4v) is 2.22. The van der Waals surface area contributed by atoms with Gasteiger partial charge in [0.1, 0.15) is 0 Å². The molecule has 0 unspecified atom stereocenters. The van der Waals surface area contributed by atoms with Crippen LogP contribution >= 0.6 is 0 Å². The highest BCUT2D eigenvalue weighted by atomic mass is 16.5. The number of carbonyl (C=O) groups is 2. The molecule has 0 radical (unpaired) electrons. The number of ether oxygens (including phenoxy) is 2. The van der Waals surface area contributed by atoms with E-state index < -0.39 is 0 Å². The number of hydrogen-bond acceptors (Lipinski definition) is 4. The van der Waals surface area contributed by atoms with Crippen LogP contribution in [0.2, 0.25) is 0 Å². The van der Waals surface area contributed by atoms with Crippen molar-refractivity contribution in [1.82, 2.24) is 0 Å². The van der Waals surface area contributed by atoms with Gasteiger partial charge in [-0.1, -0.05) is 12.1 Å². The summed E-state index contributed by atoms with van der Waals surface area (Å²) in [6.45, 7) is 1.87. The number of nitrogens with one attached hydrogen (secondary N) is 2. The van der Waals surface area contributed by atoms with E-state index in [4.69, 9.17) is 9.47 Å². The van der Waals surface area contributed by atoms with Crippen molar-refractivity contribution in [3.05, 3.63) is 48.5 Å². The van der Waals surface area contributed by atoms with Gasteiger partial charge in [-0.3, -0.25) is 9.59 Å². The van der Waals surface area contributed by atoms with Crippen LogP contribution in [-0.4, -0.2) is 25.5 Å². The van der Waals surface area contributed by atoms with Crippen LogP contribution in [-0.2, 0) is 9.59 Å². The van der Waals surface area contributed by atoms with E-state index in [1.54, 1.807) is 31.4 Å². The van der Waals surface area contributed by atoms with Crippen molar-refractivity contribution in [2.75, 3.05) is 24.4 Å². The number of hydrogen-bond donors (Lipinski definition) is 2. The van der Waals surface area contributed by atoms with Gasteiger partial charge in [-0.2, -0.15) is 0 Å². The van der Waals surface area contributed by atoms with Gasteiger partial charge >= 0.3 is 0 Å². The van der Waals surface area contributed by atoms with Crippen LogP contribution in [0.4, 0.5) is 11.4 Å². The SMILES string of the molecule is COc1ccccc1OCCCC(=O)Nc1ccc(NC(C)=O)cc1. The van der Waals surface area contributed by atoms with Crippen molar-refractivity contribution in [3.8, 4) is 11.5 Å². The normalized spacial score (nSPS) is 10.0. The van der Waals surface area contributed by atoms with Gasteiger partial charge in [0, 0.05) is 24.7 Å². The van der Waals surface area contributed by atoms with Crippen LogP contribution in [0.5, 0.6) is 11.5 Å². The van der Waals surface area contributed by atoms with Crippen LogP contribution < -0.4 is 20.1 Å². The van der Waals surface area contributed by atoms with Gasteiger partial charge in [-0.05, 0) is 42.8 Å². The Morgan fingerprint density at radius 2 is 1.52 bits per heavy atom. The fraction of sp³-hybridized carbons (Fsp3) is 0.263. The van der Waals surface area contributed by atoms with Crippen molar-refractivity contribution in [2.24, 2.45) is 0 Å². The summed E-state index contributed by atoms with van der Waals surface area (Å²) < 4.78 is 10.8. The summed E-state index contributed by atoms with van der Waals surface area (Å²) >= 11 is 0. The molecule has 2 N–H and O–H groups in total. The molecule has 0 atom stereocenters.